The molecule has 0 aliphatic carbocycles. The molecule has 0 saturated carbocycles. The lowest BCUT2D eigenvalue weighted by atomic mass is 10.3. The summed E-state index contributed by atoms with van der Waals surface area (Å²) in [5.41, 5.74) is 0.174. The van der Waals surface area contributed by atoms with Gasteiger partial charge in [-0.3, -0.25) is 0 Å². The number of hydrazone groups is 1. The standard InChI is InChI=1S/C5H6F3IN2O/c6-5(7,8)11-1-3(9)4(2-12)10-11/h3,12H,1-2H2. The summed E-state index contributed by atoms with van der Waals surface area (Å²) in [5, 5.41) is 11.9. The Bertz CT molecular complexity index is 205. The molecular weight excluding hydrogens is 288 g/mol. The second-order valence-electron chi connectivity index (χ2n) is 2.27. The summed E-state index contributed by atoms with van der Waals surface area (Å²) in [6.07, 6.45) is -4.43. The van der Waals surface area contributed by atoms with E-state index >= 15 is 0 Å². The van der Waals surface area contributed by atoms with Crippen molar-refractivity contribution in [3.05, 3.63) is 0 Å². The minimum atomic E-state index is -4.43. The molecule has 0 aromatic heterocycles. The van der Waals surface area contributed by atoms with Crippen molar-refractivity contribution in [1.29, 1.82) is 0 Å². The summed E-state index contributed by atoms with van der Waals surface area (Å²) in [6, 6.07) is 0. The molecule has 1 aliphatic rings. The lowest BCUT2D eigenvalue weighted by molar-refractivity contribution is -0.241. The van der Waals surface area contributed by atoms with Crippen molar-refractivity contribution in [3.8, 4) is 0 Å². The summed E-state index contributed by atoms with van der Waals surface area (Å²) in [5.74, 6) is 0. The van der Waals surface area contributed by atoms with E-state index in [2.05, 4.69) is 5.10 Å². The zero-order chi connectivity index (χ0) is 9.35. The van der Waals surface area contributed by atoms with Crippen LogP contribution in [-0.2, 0) is 0 Å². The fraction of sp³-hybridized carbons (Fsp3) is 0.800. The Hall–Kier alpha value is -0.0500. The summed E-state index contributed by atoms with van der Waals surface area (Å²) in [4.78, 5) is 0. The zero-order valence-corrected chi connectivity index (χ0v) is 8.00. The predicted octanol–water partition coefficient (Wildman–Crippen LogP) is 0.974. The molecule has 0 bridgehead atoms. The predicted molar refractivity (Wildman–Crippen MR) is 45.1 cm³/mol. The monoisotopic (exact) mass is 294 g/mol. The minimum Gasteiger partial charge on any atom is -0.390 e. The van der Waals surface area contributed by atoms with Crippen LogP contribution in [0.1, 0.15) is 0 Å². The topological polar surface area (TPSA) is 35.8 Å². The quantitative estimate of drug-likeness (QED) is 0.444. The molecule has 1 unspecified atom stereocenters. The molecule has 1 N–H and O–H groups in total. The van der Waals surface area contributed by atoms with E-state index < -0.39 is 12.9 Å². The zero-order valence-electron chi connectivity index (χ0n) is 5.85. The number of hydrogen-bond donors (Lipinski definition) is 1. The van der Waals surface area contributed by atoms with Gasteiger partial charge in [-0.2, -0.15) is 5.10 Å². The molecule has 0 fully saturated rings. The van der Waals surface area contributed by atoms with E-state index in [1.807, 2.05) is 22.6 Å². The van der Waals surface area contributed by atoms with Crippen LogP contribution < -0.4 is 0 Å². The van der Waals surface area contributed by atoms with Crippen LogP contribution in [0, 0.1) is 0 Å². The fourth-order valence-electron chi connectivity index (χ4n) is 0.807. The van der Waals surface area contributed by atoms with E-state index in [-0.39, 0.29) is 21.2 Å². The Morgan fingerprint density at radius 2 is 2.25 bits per heavy atom. The first-order valence-corrected chi connectivity index (χ1v) is 4.36. The minimum absolute atomic E-state index is 0.0374. The molecule has 0 aromatic rings. The van der Waals surface area contributed by atoms with Gasteiger partial charge in [-0.1, -0.05) is 22.6 Å². The highest BCUT2D eigenvalue weighted by Gasteiger charge is 2.42. The Balaban J connectivity index is 2.70. The molecule has 3 nitrogen and oxygen atoms in total. The number of aliphatic hydroxyl groups excluding tert-OH is 1. The number of rotatable bonds is 1. The van der Waals surface area contributed by atoms with Crippen LogP contribution in [-0.4, -0.2) is 39.2 Å². The lowest BCUT2D eigenvalue weighted by Gasteiger charge is -2.16. The van der Waals surface area contributed by atoms with Crippen LogP contribution in [0.3, 0.4) is 0 Å². The van der Waals surface area contributed by atoms with E-state index in [1.165, 1.54) is 0 Å². The molecule has 1 atom stereocenters. The van der Waals surface area contributed by atoms with Crippen molar-refractivity contribution in [2.75, 3.05) is 13.2 Å². The smallest absolute Gasteiger partial charge is 0.390 e. The maximum Gasteiger partial charge on any atom is 0.500 e. The van der Waals surface area contributed by atoms with Crippen molar-refractivity contribution >= 4 is 28.3 Å². The maximum atomic E-state index is 12.0. The van der Waals surface area contributed by atoms with Crippen molar-refractivity contribution in [2.45, 2.75) is 10.2 Å². The van der Waals surface area contributed by atoms with E-state index in [4.69, 9.17) is 5.11 Å². The Labute approximate surface area is 80.4 Å². The first kappa shape index (κ1) is 10.0. The second kappa shape index (κ2) is 3.36. The van der Waals surface area contributed by atoms with Crippen LogP contribution in [0.15, 0.2) is 5.10 Å². The normalized spacial score (nSPS) is 24.6. The van der Waals surface area contributed by atoms with E-state index in [0.29, 0.717) is 0 Å². The number of aliphatic hydroxyl groups is 1. The third-order valence-electron chi connectivity index (χ3n) is 1.40. The summed E-state index contributed by atoms with van der Waals surface area (Å²) in [6.45, 7) is -0.625. The molecule has 12 heavy (non-hydrogen) atoms. The van der Waals surface area contributed by atoms with Gasteiger partial charge in [0.25, 0.3) is 0 Å². The molecule has 0 saturated heterocycles. The largest absolute Gasteiger partial charge is 0.500 e. The first-order chi connectivity index (χ1) is 5.45. The van der Waals surface area contributed by atoms with Crippen molar-refractivity contribution < 1.29 is 18.3 Å². The molecule has 1 rings (SSSR count). The van der Waals surface area contributed by atoms with Gasteiger partial charge in [0.1, 0.15) is 0 Å². The van der Waals surface area contributed by atoms with Gasteiger partial charge in [0, 0.05) is 0 Å². The third-order valence-corrected chi connectivity index (χ3v) is 2.51. The van der Waals surface area contributed by atoms with Crippen LogP contribution in [0.2, 0.25) is 0 Å². The van der Waals surface area contributed by atoms with Gasteiger partial charge in [0.05, 0.1) is 22.8 Å². The van der Waals surface area contributed by atoms with E-state index in [9.17, 15) is 13.2 Å². The van der Waals surface area contributed by atoms with Gasteiger partial charge in [-0.05, 0) is 0 Å². The molecule has 1 aliphatic heterocycles. The molecular formula is C5H6F3IN2O. The summed E-state index contributed by atoms with van der Waals surface area (Å²) in [7, 11) is 0. The highest BCUT2D eigenvalue weighted by Crippen LogP contribution is 2.27. The van der Waals surface area contributed by atoms with Gasteiger partial charge in [-0.15, -0.1) is 13.2 Å². The highest BCUT2D eigenvalue weighted by atomic mass is 127. The van der Waals surface area contributed by atoms with Gasteiger partial charge in [-0.25, -0.2) is 5.01 Å². The Morgan fingerprint density at radius 1 is 1.67 bits per heavy atom. The average molecular weight is 294 g/mol. The molecule has 0 aromatic carbocycles. The molecule has 0 spiro atoms. The van der Waals surface area contributed by atoms with Crippen molar-refractivity contribution in [3.63, 3.8) is 0 Å². The summed E-state index contributed by atoms with van der Waals surface area (Å²) < 4.78 is 35.6. The third kappa shape index (κ3) is 2.00. The highest BCUT2D eigenvalue weighted by molar-refractivity contribution is 14.1. The van der Waals surface area contributed by atoms with Crippen molar-refractivity contribution in [1.82, 2.24) is 5.01 Å². The molecule has 7 heteroatoms. The molecule has 70 valence electrons. The number of halogens is 4. The van der Waals surface area contributed by atoms with E-state index in [1.54, 1.807) is 0 Å². The Kier molecular flexibility index (Phi) is 2.81. The fourth-order valence-corrected chi connectivity index (χ4v) is 1.50. The molecule has 1 heterocycles. The van der Waals surface area contributed by atoms with Gasteiger partial charge < -0.3 is 5.11 Å². The number of hydrogen-bond acceptors (Lipinski definition) is 3. The van der Waals surface area contributed by atoms with Gasteiger partial charge >= 0.3 is 6.30 Å². The molecule has 0 radical (unpaired) electrons. The van der Waals surface area contributed by atoms with E-state index in [0.717, 1.165) is 0 Å². The van der Waals surface area contributed by atoms with Gasteiger partial charge in [0.2, 0.25) is 0 Å². The first-order valence-electron chi connectivity index (χ1n) is 3.12. The van der Waals surface area contributed by atoms with Crippen LogP contribution in [0.5, 0.6) is 0 Å². The Morgan fingerprint density at radius 3 is 2.50 bits per heavy atom. The van der Waals surface area contributed by atoms with Crippen LogP contribution >= 0.6 is 22.6 Å². The number of nitrogens with zero attached hydrogens (tertiary/aromatic N) is 2. The second-order valence-corrected chi connectivity index (χ2v) is 3.77. The van der Waals surface area contributed by atoms with Crippen molar-refractivity contribution in [2.24, 2.45) is 5.10 Å². The number of alkyl halides is 4. The maximum absolute atomic E-state index is 12.0. The average Bonchev–Trinajstić information content (AvgIpc) is 2.29. The lowest BCUT2D eigenvalue weighted by Crippen LogP contribution is -2.33. The SMILES string of the molecule is OCC1=NN(C(F)(F)F)CC1I. The van der Waals surface area contributed by atoms with Gasteiger partial charge in [0.15, 0.2) is 0 Å². The van der Waals surface area contributed by atoms with Crippen LogP contribution in [0.25, 0.3) is 0 Å². The summed E-state index contributed by atoms with van der Waals surface area (Å²) >= 11 is 1.82. The van der Waals surface area contributed by atoms with Crippen LogP contribution in [0.4, 0.5) is 13.2 Å². The molecule has 0 amide bonds.